The summed E-state index contributed by atoms with van der Waals surface area (Å²) >= 11 is 0. The summed E-state index contributed by atoms with van der Waals surface area (Å²) in [6.07, 6.45) is 1.35. The lowest BCUT2D eigenvalue weighted by Crippen LogP contribution is -1.95. The molecule has 0 unspecified atom stereocenters. The first-order valence-corrected chi connectivity index (χ1v) is 6.65. The molecule has 0 aliphatic rings. The van der Waals surface area contributed by atoms with Crippen molar-refractivity contribution in [2.45, 2.75) is 0 Å². The Morgan fingerprint density at radius 1 is 0.952 bits per heavy atom. The number of anilines is 1. The van der Waals surface area contributed by atoms with Crippen molar-refractivity contribution in [3.63, 3.8) is 0 Å². The largest absolute Gasteiger partial charge is 0.383 e. The van der Waals surface area contributed by atoms with E-state index in [1.807, 2.05) is 42.5 Å². The van der Waals surface area contributed by atoms with Crippen LogP contribution in [0.4, 0.5) is 10.2 Å². The number of rotatable bonds is 1. The van der Waals surface area contributed by atoms with E-state index >= 15 is 0 Å². The molecule has 0 saturated carbocycles. The number of benzene rings is 2. The first-order chi connectivity index (χ1) is 10.2. The minimum absolute atomic E-state index is 0.337. The molecule has 4 aromatic rings. The van der Waals surface area contributed by atoms with Crippen molar-refractivity contribution < 1.29 is 4.39 Å². The van der Waals surface area contributed by atoms with Gasteiger partial charge in [0.2, 0.25) is 0 Å². The van der Waals surface area contributed by atoms with Crippen LogP contribution in [-0.4, -0.2) is 9.38 Å². The van der Waals surface area contributed by atoms with E-state index < -0.39 is 0 Å². The van der Waals surface area contributed by atoms with Crippen LogP contribution >= 0.6 is 0 Å². The molecular weight excluding hydrogens is 265 g/mol. The molecule has 0 amide bonds. The van der Waals surface area contributed by atoms with Gasteiger partial charge in [0.05, 0.1) is 0 Å². The molecule has 2 N–H and O–H groups in total. The Labute approximate surface area is 120 Å². The van der Waals surface area contributed by atoms with Crippen LogP contribution in [0, 0.1) is 5.82 Å². The maximum Gasteiger partial charge on any atom is 0.140 e. The van der Waals surface area contributed by atoms with Gasteiger partial charge in [0.15, 0.2) is 0 Å². The maximum absolute atomic E-state index is 13.4. The number of nitrogen functional groups attached to an aromatic ring is 1. The van der Waals surface area contributed by atoms with E-state index in [0.717, 1.165) is 16.3 Å². The van der Waals surface area contributed by atoms with Crippen LogP contribution in [0.3, 0.4) is 0 Å². The Morgan fingerprint density at radius 3 is 2.67 bits per heavy atom. The van der Waals surface area contributed by atoms with E-state index in [2.05, 4.69) is 4.98 Å². The lowest BCUT2D eigenvalue weighted by Gasteiger charge is -2.04. The number of hydrogen-bond acceptors (Lipinski definition) is 2. The molecule has 2 aromatic heterocycles. The number of imidazole rings is 1. The SMILES string of the molecule is Nc1c(-c2cccc3ccccc23)nc2ccc(F)cn12. The number of nitrogens with zero attached hydrogens (tertiary/aromatic N) is 2. The molecule has 0 aliphatic carbocycles. The first kappa shape index (κ1) is 11.9. The van der Waals surface area contributed by atoms with Crippen LogP contribution < -0.4 is 5.73 Å². The predicted octanol–water partition coefficient (Wildman–Crippen LogP) is 3.88. The Bertz CT molecular complexity index is 967. The Kier molecular flexibility index (Phi) is 2.44. The van der Waals surface area contributed by atoms with E-state index in [-0.39, 0.29) is 5.82 Å². The Balaban J connectivity index is 2.07. The second kappa shape index (κ2) is 4.31. The van der Waals surface area contributed by atoms with Gasteiger partial charge in [0.25, 0.3) is 0 Å². The lowest BCUT2D eigenvalue weighted by molar-refractivity contribution is 0.619. The van der Waals surface area contributed by atoms with Gasteiger partial charge >= 0.3 is 0 Å². The molecule has 0 spiro atoms. The number of halogens is 1. The van der Waals surface area contributed by atoms with E-state index in [1.54, 1.807) is 10.5 Å². The molecular formula is C17H12FN3. The molecule has 4 rings (SSSR count). The summed E-state index contributed by atoms with van der Waals surface area (Å²) in [5.74, 6) is 0.108. The van der Waals surface area contributed by atoms with Gasteiger partial charge < -0.3 is 5.73 Å². The summed E-state index contributed by atoms with van der Waals surface area (Å²) in [4.78, 5) is 4.55. The van der Waals surface area contributed by atoms with Gasteiger partial charge in [-0.1, -0.05) is 42.5 Å². The van der Waals surface area contributed by atoms with Crippen molar-refractivity contribution >= 4 is 22.2 Å². The predicted molar refractivity (Wildman–Crippen MR) is 82.5 cm³/mol. The third-order valence-electron chi connectivity index (χ3n) is 3.66. The minimum Gasteiger partial charge on any atom is -0.383 e. The average Bonchev–Trinajstić information content (AvgIpc) is 2.83. The van der Waals surface area contributed by atoms with Crippen molar-refractivity contribution in [3.8, 4) is 11.3 Å². The van der Waals surface area contributed by atoms with E-state index in [0.29, 0.717) is 17.2 Å². The second-order valence-electron chi connectivity index (χ2n) is 4.95. The highest BCUT2D eigenvalue weighted by atomic mass is 19.1. The van der Waals surface area contributed by atoms with E-state index in [4.69, 9.17) is 5.73 Å². The zero-order valence-electron chi connectivity index (χ0n) is 11.1. The van der Waals surface area contributed by atoms with Crippen molar-refractivity contribution in [2.75, 3.05) is 5.73 Å². The fourth-order valence-electron chi connectivity index (χ4n) is 2.67. The van der Waals surface area contributed by atoms with Crippen molar-refractivity contribution in [1.29, 1.82) is 0 Å². The molecule has 0 bridgehead atoms. The first-order valence-electron chi connectivity index (χ1n) is 6.65. The molecule has 2 aromatic carbocycles. The van der Waals surface area contributed by atoms with Gasteiger partial charge in [-0.15, -0.1) is 0 Å². The molecule has 0 fully saturated rings. The topological polar surface area (TPSA) is 43.3 Å². The van der Waals surface area contributed by atoms with Crippen LogP contribution in [0.5, 0.6) is 0 Å². The highest BCUT2D eigenvalue weighted by Gasteiger charge is 2.13. The molecule has 21 heavy (non-hydrogen) atoms. The van der Waals surface area contributed by atoms with Crippen LogP contribution in [-0.2, 0) is 0 Å². The van der Waals surface area contributed by atoms with Gasteiger partial charge in [-0.2, -0.15) is 0 Å². The zero-order chi connectivity index (χ0) is 14.4. The standard InChI is InChI=1S/C17H12FN3/c18-12-8-9-15-20-16(17(19)21(15)10-12)14-7-3-5-11-4-1-2-6-13(11)14/h1-10H,19H2. The molecule has 0 saturated heterocycles. The van der Waals surface area contributed by atoms with Gasteiger partial charge in [-0.25, -0.2) is 9.37 Å². The zero-order valence-corrected chi connectivity index (χ0v) is 11.1. The van der Waals surface area contributed by atoms with Crippen LogP contribution in [0.15, 0.2) is 60.8 Å². The van der Waals surface area contributed by atoms with Crippen LogP contribution in [0.2, 0.25) is 0 Å². The number of hydrogen-bond donors (Lipinski definition) is 1. The maximum atomic E-state index is 13.4. The fraction of sp³-hybridized carbons (Fsp3) is 0. The van der Waals surface area contributed by atoms with Crippen LogP contribution in [0.1, 0.15) is 0 Å². The number of nitrogens with two attached hydrogens (primary N) is 1. The molecule has 4 heteroatoms. The monoisotopic (exact) mass is 277 g/mol. The van der Waals surface area contributed by atoms with Crippen molar-refractivity contribution in [3.05, 3.63) is 66.6 Å². The quantitative estimate of drug-likeness (QED) is 0.574. The Morgan fingerprint density at radius 2 is 1.76 bits per heavy atom. The summed E-state index contributed by atoms with van der Waals surface area (Å²) in [5.41, 5.74) is 8.43. The van der Waals surface area contributed by atoms with E-state index in [1.165, 1.54) is 12.3 Å². The molecule has 0 radical (unpaired) electrons. The number of pyridine rings is 1. The highest BCUT2D eigenvalue weighted by Crippen LogP contribution is 2.32. The summed E-state index contributed by atoms with van der Waals surface area (Å²) in [6.45, 7) is 0. The molecule has 102 valence electrons. The van der Waals surface area contributed by atoms with Gasteiger partial charge in [0.1, 0.15) is 23.0 Å². The smallest absolute Gasteiger partial charge is 0.140 e. The minimum atomic E-state index is -0.337. The molecule has 3 nitrogen and oxygen atoms in total. The summed E-state index contributed by atoms with van der Waals surface area (Å²) in [5, 5.41) is 2.20. The molecule has 2 heterocycles. The van der Waals surface area contributed by atoms with Crippen molar-refractivity contribution in [1.82, 2.24) is 9.38 Å². The normalized spacial score (nSPS) is 11.3. The summed E-state index contributed by atoms with van der Waals surface area (Å²) < 4.78 is 15.0. The highest BCUT2D eigenvalue weighted by molar-refractivity contribution is 5.98. The lowest BCUT2D eigenvalue weighted by atomic mass is 10.0. The molecule has 0 atom stereocenters. The molecule has 0 aliphatic heterocycles. The summed E-state index contributed by atoms with van der Waals surface area (Å²) in [7, 11) is 0. The Hall–Kier alpha value is -2.88. The van der Waals surface area contributed by atoms with Crippen molar-refractivity contribution in [2.24, 2.45) is 0 Å². The second-order valence-corrected chi connectivity index (χ2v) is 4.95. The third-order valence-corrected chi connectivity index (χ3v) is 3.66. The van der Waals surface area contributed by atoms with Gasteiger partial charge in [-0.05, 0) is 22.9 Å². The number of fused-ring (bicyclic) bond motifs is 2. The van der Waals surface area contributed by atoms with Crippen LogP contribution in [0.25, 0.3) is 27.7 Å². The number of aromatic nitrogens is 2. The average molecular weight is 277 g/mol. The third kappa shape index (κ3) is 1.76. The summed E-state index contributed by atoms with van der Waals surface area (Å²) in [6, 6.07) is 17.1. The van der Waals surface area contributed by atoms with E-state index in [9.17, 15) is 4.39 Å². The van der Waals surface area contributed by atoms with Gasteiger partial charge in [-0.3, -0.25) is 4.40 Å². The van der Waals surface area contributed by atoms with Gasteiger partial charge in [0, 0.05) is 11.8 Å². The fourth-order valence-corrected chi connectivity index (χ4v) is 2.67.